The highest BCUT2D eigenvalue weighted by atomic mass is 35.5. The average Bonchev–Trinajstić information content (AvgIpc) is 2.68. The van der Waals surface area contributed by atoms with Crippen molar-refractivity contribution in [2.75, 3.05) is 11.1 Å². The zero-order valence-corrected chi connectivity index (χ0v) is 11.7. The van der Waals surface area contributed by atoms with Crippen molar-refractivity contribution >= 4 is 57.5 Å². The summed E-state index contributed by atoms with van der Waals surface area (Å²) in [6.45, 7) is 0.652. The standard InChI is InChI=1S/C11H9Cl3N2S/c12-7-3-9(15)10(4-8(7)13)16-5-6-1-2-11(14)17-6/h1-4,16H,5,15H2. The molecule has 1 aromatic carbocycles. The molecule has 0 fully saturated rings. The predicted molar refractivity (Wildman–Crippen MR) is 77.5 cm³/mol. The quantitative estimate of drug-likeness (QED) is 0.791. The number of benzene rings is 1. The molecule has 0 spiro atoms. The number of nitrogens with two attached hydrogens (primary N) is 1. The lowest BCUT2D eigenvalue weighted by molar-refractivity contribution is 1.19. The van der Waals surface area contributed by atoms with Gasteiger partial charge in [-0.2, -0.15) is 0 Å². The van der Waals surface area contributed by atoms with Gasteiger partial charge in [0, 0.05) is 11.4 Å². The molecule has 2 nitrogen and oxygen atoms in total. The summed E-state index contributed by atoms with van der Waals surface area (Å²) in [6.07, 6.45) is 0. The van der Waals surface area contributed by atoms with Gasteiger partial charge in [-0.1, -0.05) is 34.8 Å². The zero-order chi connectivity index (χ0) is 12.4. The van der Waals surface area contributed by atoms with Gasteiger partial charge in [0.25, 0.3) is 0 Å². The van der Waals surface area contributed by atoms with Crippen molar-refractivity contribution in [3.63, 3.8) is 0 Å². The molecule has 2 rings (SSSR count). The molecule has 3 N–H and O–H groups in total. The van der Waals surface area contributed by atoms with Crippen LogP contribution >= 0.6 is 46.1 Å². The van der Waals surface area contributed by atoms with Crippen molar-refractivity contribution in [3.8, 4) is 0 Å². The van der Waals surface area contributed by atoms with Crippen LogP contribution in [-0.2, 0) is 6.54 Å². The summed E-state index contributed by atoms with van der Waals surface area (Å²) in [5.74, 6) is 0. The summed E-state index contributed by atoms with van der Waals surface area (Å²) < 4.78 is 0.768. The van der Waals surface area contributed by atoms with Crippen molar-refractivity contribution in [1.29, 1.82) is 0 Å². The van der Waals surface area contributed by atoms with E-state index in [2.05, 4.69) is 5.32 Å². The molecule has 1 aromatic heterocycles. The van der Waals surface area contributed by atoms with Gasteiger partial charge in [-0.3, -0.25) is 0 Å². The van der Waals surface area contributed by atoms with E-state index in [0.717, 1.165) is 14.9 Å². The topological polar surface area (TPSA) is 38.0 Å². The Morgan fingerprint density at radius 1 is 1.12 bits per heavy atom. The number of hydrogen-bond donors (Lipinski definition) is 2. The summed E-state index contributed by atoms with van der Waals surface area (Å²) in [6, 6.07) is 7.18. The number of rotatable bonds is 3. The van der Waals surface area contributed by atoms with Gasteiger partial charge < -0.3 is 11.1 Å². The second-order valence-corrected chi connectivity index (χ2v) is 6.03. The largest absolute Gasteiger partial charge is 0.397 e. The molecule has 0 bridgehead atoms. The van der Waals surface area contributed by atoms with Gasteiger partial charge in [0.2, 0.25) is 0 Å². The monoisotopic (exact) mass is 306 g/mol. The Labute approximate surface area is 118 Å². The van der Waals surface area contributed by atoms with Gasteiger partial charge in [-0.05, 0) is 24.3 Å². The van der Waals surface area contributed by atoms with Crippen LogP contribution in [0.5, 0.6) is 0 Å². The first-order valence-electron chi connectivity index (χ1n) is 4.79. The molecule has 90 valence electrons. The van der Waals surface area contributed by atoms with Crippen LogP contribution in [0.2, 0.25) is 14.4 Å². The molecule has 0 radical (unpaired) electrons. The molecular formula is C11H9Cl3N2S. The highest BCUT2D eigenvalue weighted by molar-refractivity contribution is 7.16. The molecule has 0 atom stereocenters. The van der Waals surface area contributed by atoms with Crippen LogP contribution in [0, 0.1) is 0 Å². The van der Waals surface area contributed by atoms with Gasteiger partial charge >= 0.3 is 0 Å². The molecule has 0 aliphatic rings. The second-order valence-electron chi connectivity index (χ2n) is 3.41. The fourth-order valence-electron chi connectivity index (χ4n) is 1.34. The molecular weight excluding hydrogens is 299 g/mol. The van der Waals surface area contributed by atoms with Gasteiger partial charge in [0.05, 0.1) is 25.8 Å². The molecule has 2 aromatic rings. The number of anilines is 2. The molecule has 17 heavy (non-hydrogen) atoms. The summed E-state index contributed by atoms with van der Waals surface area (Å²) >= 11 is 19.1. The van der Waals surface area contributed by atoms with E-state index in [4.69, 9.17) is 40.5 Å². The van der Waals surface area contributed by atoms with Crippen LogP contribution in [0.3, 0.4) is 0 Å². The Morgan fingerprint density at radius 2 is 1.82 bits per heavy atom. The van der Waals surface area contributed by atoms with E-state index in [1.807, 2.05) is 12.1 Å². The lowest BCUT2D eigenvalue weighted by atomic mass is 10.2. The molecule has 0 aliphatic carbocycles. The van der Waals surface area contributed by atoms with E-state index in [1.54, 1.807) is 12.1 Å². The van der Waals surface area contributed by atoms with E-state index in [0.29, 0.717) is 22.3 Å². The number of nitrogens with one attached hydrogen (secondary N) is 1. The van der Waals surface area contributed by atoms with Crippen molar-refractivity contribution < 1.29 is 0 Å². The first-order valence-corrected chi connectivity index (χ1v) is 6.74. The lowest BCUT2D eigenvalue weighted by Gasteiger charge is -2.09. The Bertz CT molecular complexity index is 540. The van der Waals surface area contributed by atoms with E-state index in [9.17, 15) is 0 Å². The molecule has 0 amide bonds. The van der Waals surface area contributed by atoms with E-state index < -0.39 is 0 Å². The van der Waals surface area contributed by atoms with Gasteiger partial charge in [-0.15, -0.1) is 11.3 Å². The maximum absolute atomic E-state index is 5.93. The third-order valence-corrected chi connectivity index (χ3v) is 4.13. The van der Waals surface area contributed by atoms with Crippen LogP contribution < -0.4 is 11.1 Å². The third-order valence-electron chi connectivity index (χ3n) is 2.17. The Kier molecular flexibility index (Phi) is 4.05. The Hall–Kier alpha value is -0.610. The van der Waals surface area contributed by atoms with Crippen molar-refractivity contribution in [2.45, 2.75) is 6.54 Å². The molecule has 0 saturated carbocycles. The third kappa shape index (κ3) is 3.19. The minimum Gasteiger partial charge on any atom is -0.397 e. The molecule has 0 aliphatic heterocycles. The van der Waals surface area contributed by atoms with E-state index >= 15 is 0 Å². The van der Waals surface area contributed by atoms with Crippen LogP contribution in [-0.4, -0.2) is 0 Å². The van der Waals surface area contributed by atoms with Gasteiger partial charge in [-0.25, -0.2) is 0 Å². The maximum Gasteiger partial charge on any atom is 0.0931 e. The summed E-state index contributed by atoms with van der Waals surface area (Å²) in [4.78, 5) is 1.13. The zero-order valence-electron chi connectivity index (χ0n) is 8.64. The summed E-state index contributed by atoms with van der Waals surface area (Å²) in [7, 11) is 0. The second kappa shape index (κ2) is 5.36. The summed E-state index contributed by atoms with van der Waals surface area (Å²) in [5.41, 5.74) is 7.17. The highest BCUT2D eigenvalue weighted by Gasteiger charge is 2.05. The van der Waals surface area contributed by atoms with Crippen LogP contribution in [0.1, 0.15) is 4.88 Å². The number of thiophene rings is 1. The van der Waals surface area contributed by atoms with Crippen LogP contribution in [0.25, 0.3) is 0 Å². The fourth-order valence-corrected chi connectivity index (χ4v) is 2.71. The first kappa shape index (κ1) is 12.8. The summed E-state index contributed by atoms with van der Waals surface area (Å²) in [5, 5.41) is 4.13. The molecule has 6 heteroatoms. The molecule has 0 unspecified atom stereocenters. The number of halogens is 3. The van der Waals surface area contributed by atoms with Gasteiger partial charge in [0.1, 0.15) is 0 Å². The normalized spacial score (nSPS) is 10.5. The smallest absolute Gasteiger partial charge is 0.0931 e. The number of hydrogen-bond acceptors (Lipinski definition) is 3. The van der Waals surface area contributed by atoms with Crippen molar-refractivity contribution in [1.82, 2.24) is 0 Å². The fraction of sp³-hybridized carbons (Fsp3) is 0.0909. The Morgan fingerprint density at radius 3 is 2.47 bits per heavy atom. The number of nitrogen functional groups attached to an aromatic ring is 1. The lowest BCUT2D eigenvalue weighted by Crippen LogP contribution is -2.01. The van der Waals surface area contributed by atoms with Gasteiger partial charge in [0.15, 0.2) is 0 Å². The average molecular weight is 308 g/mol. The van der Waals surface area contributed by atoms with E-state index in [1.165, 1.54) is 11.3 Å². The minimum atomic E-state index is 0.453. The SMILES string of the molecule is Nc1cc(Cl)c(Cl)cc1NCc1ccc(Cl)s1. The highest BCUT2D eigenvalue weighted by Crippen LogP contribution is 2.31. The van der Waals surface area contributed by atoms with Crippen molar-refractivity contribution in [2.24, 2.45) is 0 Å². The van der Waals surface area contributed by atoms with E-state index in [-0.39, 0.29) is 0 Å². The predicted octanol–water partition coefficient (Wildman–Crippen LogP) is 4.90. The van der Waals surface area contributed by atoms with Crippen LogP contribution in [0.4, 0.5) is 11.4 Å². The maximum atomic E-state index is 5.93. The minimum absolute atomic E-state index is 0.453. The molecule has 1 heterocycles. The first-order chi connectivity index (χ1) is 8.06. The van der Waals surface area contributed by atoms with Crippen molar-refractivity contribution in [3.05, 3.63) is 43.5 Å². The Balaban J connectivity index is 2.11. The van der Waals surface area contributed by atoms with Crippen LogP contribution in [0.15, 0.2) is 24.3 Å². The molecule has 0 saturated heterocycles.